The summed E-state index contributed by atoms with van der Waals surface area (Å²) in [6.07, 6.45) is 2.00. The van der Waals surface area contributed by atoms with Gasteiger partial charge in [-0.3, -0.25) is 9.69 Å². The Labute approximate surface area is 181 Å². The van der Waals surface area contributed by atoms with E-state index in [0.717, 1.165) is 47.3 Å². The molecule has 2 aliphatic heterocycles. The number of rotatable bonds is 5. The van der Waals surface area contributed by atoms with Crippen LogP contribution >= 0.6 is 0 Å². The number of hydrogen-bond donors (Lipinski definition) is 1. The van der Waals surface area contributed by atoms with Crippen LogP contribution in [-0.4, -0.2) is 51.8 Å². The number of nitrogens with zero attached hydrogens (tertiary/aromatic N) is 7. The molecule has 0 unspecified atom stereocenters. The molecular formula is C22H26N8O. The maximum absolute atomic E-state index is 13.4. The van der Waals surface area contributed by atoms with Crippen molar-refractivity contribution in [2.45, 2.75) is 38.9 Å². The van der Waals surface area contributed by atoms with Crippen LogP contribution in [0.1, 0.15) is 46.8 Å². The fourth-order valence-electron chi connectivity index (χ4n) is 4.38. The van der Waals surface area contributed by atoms with Gasteiger partial charge in [-0.1, -0.05) is 6.07 Å². The van der Waals surface area contributed by atoms with Gasteiger partial charge in [-0.2, -0.15) is 0 Å². The predicted molar refractivity (Wildman–Crippen MR) is 118 cm³/mol. The van der Waals surface area contributed by atoms with Crippen molar-refractivity contribution in [3.05, 3.63) is 46.9 Å². The number of amides is 1. The predicted octanol–water partition coefficient (Wildman–Crippen LogP) is 2.19. The molecule has 160 valence electrons. The van der Waals surface area contributed by atoms with Gasteiger partial charge < -0.3 is 14.8 Å². The number of aromatic nitrogens is 5. The second kappa shape index (κ2) is 7.42. The highest BCUT2D eigenvalue weighted by atomic mass is 16.2. The normalized spacial score (nSPS) is 17.2. The van der Waals surface area contributed by atoms with Gasteiger partial charge >= 0.3 is 0 Å². The minimum atomic E-state index is -0.0534. The molecular weight excluding hydrogens is 392 g/mol. The molecule has 5 heterocycles. The first-order valence-corrected chi connectivity index (χ1v) is 10.6. The summed E-state index contributed by atoms with van der Waals surface area (Å²) in [5, 5.41) is 11.9. The van der Waals surface area contributed by atoms with Gasteiger partial charge in [0.15, 0.2) is 5.82 Å². The molecule has 0 spiro atoms. The van der Waals surface area contributed by atoms with Crippen LogP contribution in [0, 0.1) is 0 Å². The van der Waals surface area contributed by atoms with E-state index >= 15 is 0 Å². The second-order valence-corrected chi connectivity index (χ2v) is 8.35. The van der Waals surface area contributed by atoms with Gasteiger partial charge in [0.2, 0.25) is 0 Å². The largest absolute Gasteiger partial charge is 0.363 e. The molecule has 0 radical (unpaired) electrons. The first-order chi connectivity index (χ1) is 15.0. The van der Waals surface area contributed by atoms with Gasteiger partial charge in [0.05, 0.1) is 17.8 Å². The van der Waals surface area contributed by atoms with Crippen molar-refractivity contribution in [2.75, 3.05) is 30.9 Å². The summed E-state index contributed by atoms with van der Waals surface area (Å²) >= 11 is 0. The Morgan fingerprint density at radius 3 is 2.84 bits per heavy atom. The fourth-order valence-corrected chi connectivity index (χ4v) is 4.38. The number of aryl methyl sites for hydroxylation is 1. The molecule has 2 aliphatic rings. The van der Waals surface area contributed by atoms with E-state index in [4.69, 9.17) is 9.97 Å². The van der Waals surface area contributed by atoms with Gasteiger partial charge in [-0.05, 0) is 38.6 Å². The molecule has 5 rings (SSSR count). The van der Waals surface area contributed by atoms with Crippen molar-refractivity contribution in [3.63, 3.8) is 0 Å². The number of pyridine rings is 2. The molecule has 3 aromatic heterocycles. The van der Waals surface area contributed by atoms with Gasteiger partial charge in [-0.25, -0.2) is 9.97 Å². The summed E-state index contributed by atoms with van der Waals surface area (Å²) in [4.78, 5) is 26.5. The smallest absolute Gasteiger partial charge is 0.260 e. The first-order valence-electron chi connectivity index (χ1n) is 10.6. The van der Waals surface area contributed by atoms with Crippen molar-refractivity contribution >= 4 is 17.5 Å². The molecule has 0 aromatic carbocycles. The highest BCUT2D eigenvalue weighted by Gasteiger charge is 2.33. The van der Waals surface area contributed by atoms with Crippen LogP contribution < -0.4 is 15.1 Å². The van der Waals surface area contributed by atoms with Crippen LogP contribution in [0.3, 0.4) is 0 Å². The average molecular weight is 419 g/mol. The third-order valence-corrected chi connectivity index (χ3v) is 6.02. The summed E-state index contributed by atoms with van der Waals surface area (Å²) in [7, 11) is 5.74. The Morgan fingerprint density at radius 1 is 1.23 bits per heavy atom. The van der Waals surface area contributed by atoms with E-state index in [1.165, 1.54) is 0 Å². The van der Waals surface area contributed by atoms with Crippen molar-refractivity contribution in [1.82, 2.24) is 30.0 Å². The lowest BCUT2D eigenvalue weighted by Gasteiger charge is -2.16. The monoisotopic (exact) mass is 418 g/mol. The first kappa shape index (κ1) is 19.6. The maximum atomic E-state index is 13.4. The maximum Gasteiger partial charge on any atom is 0.260 e. The molecule has 0 saturated carbocycles. The molecule has 0 aliphatic carbocycles. The summed E-state index contributed by atoms with van der Waals surface area (Å²) in [5.41, 5.74) is 3.26. The minimum Gasteiger partial charge on any atom is -0.363 e. The van der Waals surface area contributed by atoms with E-state index < -0.39 is 0 Å². The van der Waals surface area contributed by atoms with Crippen molar-refractivity contribution in [3.8, 4) is 11.5 Å². The lowest BCUT2D eigenvalue weighted by molar-refractivity contribution is 0.0996. The van der Waals surface area contributed by atoms with Gasteiger partial charge in [0.25, 0.3) is 5.91 Å². The molecule has 3 aromatic rings. The molecule has 9 nitrogen and oxygen atoms in total. The number of carbonyl (C=O) groups excluding carboxylic acids is 1. The highest BCUT2D eigenvalue weighted by Crippen LogP contribution is 2.33. The van der Waals surface area contributed by atoms with Gasteiger partial charge in [0, 0.05) is 38.7 Å². The number of carbonyl (C=O) groups is 1. The van der Waals surface area contributed by atoms with Crippen molar-refractivity contribution < 1.29 is 4.79 Å². The van der Waals surface area contributed by atoms with E-state index in [0.29, 0.717) is 30.5 Å². The second-order valence-electron chi connectivity index (χ2n) is 8.35. The van der Waals surface area contributed by atoms with Gasteiger partial charge in [-0.15, -0.1) is 10.2 Å². The lowest BCUT2D eigenvalue weighted by Crippen LogP contribution is -2.24. The van der Waals surface area contributed by atoms with E-state index in [-0.39, 0.29) is 5.91 Å². The molecule has 0 bridgehead atoms. The van der Waals surface area contributed by atoms with E-state index in [9.17, 15) is 4.79 Å². The standard InChI is InChI=1S/C22H26N8O/c1-13-8-9-19-26-27-21(30(13)19)16-6-5-7-18(24-16)29-12-15-14(22(29)31)10-20(28(3)4)25-17(15)11-23-2/h5-7,10,13,23H,8-9,11-12H2,1-4H3/t13-/m1/s1. The Kier molecular flexibility index (Phi) is 4.70. The Balaban J connectivity index is 1.53. The molecule has 9 heteroatoms. The lowest BCUT2D eigenvalue weighted by atomic mass is 10.1. The highest BCUT2D eigenvalue weighted by molar-refractivity contribution is 6.10. The summed E-state index contributed by atoms with van der Waals surface area (Å²) in [6, 6.07) is 7.94. The zero-order valence-corrected chi connectivity index (χ0v) is 18.3. The third kappa shape index (κ3) is 3.16. The van der Waals surface area contributed by atoms with E-state index in [2.05, 4.69) is 27.0 Å². The Morgan fingerprint density at radius 2 is 2.06 bits per heavy atom. The van der Waals surface area contributed by atoms with Crippen LogP contribution in [-0.2, 0) is 19.5 Å². The van der Waals surface area contributed by atoms with Crippen LogP contribution in [0.25, 0.3) is 11.5 Å². The van der Waals surface area contributed by atoms with E-state index in [1.54, 1.807) is 4.90 Å². The van der Waals surface area contributed by atoms with Crippen LogP contribution in [0.5, 0.6) is 0 Å². The number of hydrogen-bond acceptors (Lipinski definition) is 7. The van der Waals surface area contributed by atoms with Crippen LogP contribution in [0.4, 0.5) is 11.6 Å². The van der Waals surface area contributed by atoms with Crippen LogP contribution in [0.15, 0.2) is 24.3 Å². The molecule has 0 saturated heterocycles. The molecule has 1 atom stereocenters. The topological polar surface area (TPSA) is 92.1 Å². The average Bonchev–Trinajstić information content (AvgIpc) is 3.44. The molecule has 31 heavy (non-hydrogen) atoms. The van der Waals surface area contributed by atoms with Crippen molar-refractivity contribution in [1.29, 1.82) is 0 Å². The summed E-state index contributed by atoms with van der Waals surface area (Å²) in [6.45, 7) is 3.23. The SMILES string of the molecule is CNCc1nc(N(C)C)cc2c1CN(c1cccc(-c3nnc4n3[C@H](C)CC4)n1)C2=O. The fraction of sp³-hybridized carbons (Fsp3) is 0.409. The molecule has 1 N–H and O–H groups in total. The molecule has 0 fully saturated rings. The zero-order valence-electron chi connectivity index (χ0n) is 18.3. The van der Waals surface area contributed by atoms with E-state index in [1.807, 2.05) is 50.3 Å². The zero-order chi connectivity index (χ0) is 21.7. The summed E-state index contributed by atoms with van der Waals surface area (Å²) < 4.78 is 2.16. The Hall–Kier alpha value is -3.33. The Bertz CT molecular complexity index is 1170. The van der Waals surface area contributed by atoms with Gasteiger partial charge in [0.1, 0.15) is 23.2 Å². The minimum absolute atomic E-state index is 0.0534. The quantitative estimate of drug-likeness (QED) is 0.679. The third-order valence-electron chi connectivity index (χ3n) is 6.02. The number of anilines is 2. The number of nitrogens with one attached hydrogen (secondary N) is 1. The summed E-state index contributed by atoms with van der Waals surface area (Å²) in [5.74, 6) is 3.09. The molecule has 1 amide bonds. The van der Waals surface area contributed by atoms with Crippen LogP contribution in [0.2, 0.25) is 0 Å². The number of fused-ring (bicyclic) bond motifs is 2. The van der Waals surface area contributed by atoms with Crippen molar-refractivity contribution in [2.24, 2.45) is 0 Å².